The fraction of sp³-hybridized carbons (Fsp3) is 0.400. The highest BCUT2D eigenvalue weighted by Crippen LogP contribution is 2.21. The minimum Gasteiger partial charge on any atom is -0.356 e. The number of anilines is 1. The summed E-state index contributed by atoms with van der Waals surface area (Å²) >= 11 is 0. The zero-order valence-corrected chi connectivity index (χ0v) is 12.4. The standard InChI is InChI=1S/C15H20N4O/c1-10(2)9-19(5)13-7-6-12(8-16-13)15-17-14(11(3)4)18-20-15/h6-8,11H,1,9H2,2-5H3. The van der Waals surface area contributed by atoms with Crippen LogP contribution in [0, 0.1) is 0 Å². The van der Waals surface area contributed by atoms with Crippen molar-refractivity contribution in [3.05, 3.63) is 36.3 Å². The van der Waals surface area contributed by atoms with Crippen LogP contribution in [-0.2, 0) is 0 Å². The zero-order valence-electron chi connectivity index (χ0n) is 12.4. The van der Waals surface area contributed by atoms with Gasteiger partial charge in [0.2, 0.25) is 0 Å². The van der Waals surface area contributed by atoms with Crippen molar-refractivity contribution in [3.8, 4) is 11.5 Å². The first-order valence-electron chi connectivity index (χ1n) is 6.63. The van der Waals surface area contributed by atoms with Gasteiger partial charge in [-0.1, -0.05) is 31.2 Å². The highest BCUT2D eigenvalue weighted by atomic mass is 16.5. The van der Waals surface area contributed by atoms with Gasteiger partial charge in [0.25, 0.3) is 5.89 Å². The summed E-state index contributed by atoms with van der Waals surface area (Å²) in [7, 11) is 1.99. The van der Waals surface area contributed by atoms with Gasteiger partial charge in [-0.3, -0.25) is 0 Å². The Labute approximate surface area is 119 Å². The molecule has 0 fully saturated rings. The van der Waals surface area contributed by atoms with Crippen LogP contribution in [0.5, 0.6) is 0 Å². The van der Waals surface area contributed by atoms with E-state index < -0.39 is 0 Å². The SMILES string of the molecule is C=C(C)CN(C)c1ccc(-c2nc(C(C)C)no2)cn1. The topological polar surface area (TPSA) is 55.1 Å². The molecule has 0 spiro atoms. The summed E-state index contributed by atoms with van der Waals surface area (Å²) in [6, 6.07) is 3.88. The van der Waals surface area contributed by atoms with Gasteiger partial charge in [0.05, 0.1) is 5.56 Å². The maximum atomic E-state index is 5.25. The van der Waals surface area contributed by atoms with Crippen LogP contribution in [0.4, 0.5) is 5.82 Å². The van der Waals surface area contributed by atoms with Crippen molar-refractivity contribution in [2.75, 3.05) is 18.5 Å². The van der Waals surface area contributed by atoms with E-state index in [2.05, 4.69) is 21.7 Å². The number of hydrogen-bond donors (Lipinski definition) is 0. The van der Waals surface area contributed by atoms with Gasteiger partial charge in [-0.25, -0.2) is 4.98 Å². The molecule has 0 N–H and O–H groups in total. The number of pyridine rings is 1. The molecule has 20 heavy (non-hydrogen) atoms. The number of likely N-dealkylation sites (N-methyl/N-ethyl adjacent to an activating group) is 1. The number of aromatic nitrogens is 3. The van der Waals surface area contributed by atoms with Gasteiger partial charge in [-0.15, -0.1) is 0 Å². The second-order valence-electron chi connectivity index (χ2n) is 5.33. The number of nitrogens with zero attached hydrogens (tertiary/aromatic N) is 4. The van der Waals surface area contributed by atoms with Crippen molar-refractivity contribution in [2.24, 2.45) is 0 Å². The Morgan fingerprint density at radius 3 is 2.65 bits per heavy atom. The predicted molar refractivity (Wildman–Crippen MR) is 79.7 cm³/mol. The summed E-state index contributed by atoms with van der Waals surface area (Å²) in [5, 5.41) is 3.95. The minimum atomic E-state index is 0.251. The molecule has 0 saturated carbocycles. The van der Waals surface area contributed by atoms with Crippen molar-refractivity contribution in [2.45, 2.75) is 26.7 Å². The molecule has 5 heteroatoms. The Morgan fingerprint density at radius 2 is 2.15 bits per heavy atom. The number of rotatable bonds is 5. The molecule has 0 radical (unpaired) electrons. The lowest BCUT2D eigenvalue weighted by Gasteiger charge is -2.17. The number of hydrogen-bond acceptors (Lipinski definition) is 5. The van der Waals surface area contributed by atoms with E-state index in [1.165, 1.54) is 0 Å². The first kappa shape index (κ1) is 14.2. The van der Waals surface area contributed by atoms with Crippen LogP contribution in [0.25, 0.3) is 11.5 Å². The van der Waals surface area contributed by atoms with Gasteiger partial charge in [0, 0.05) is 25.7 Å². The van der Waals surface area contributed by atoms with Crippen LogP contribution in [0.1, 0.15) is 32.5 Å². The van der Waals surface area contributed by atoms with Crippen LogP contribution in [0.15, 0.2) is 35.0 Å². The zero-order chi connectivity index (χ0) is 14.7. The van der Waals surface area contributed by atoms with Gasteiger partial charge < -0.3 is 9.42 Å². The van der Waals surface area contributed by atoms with E-state index in [4.69, 9.17) is 4.52 Å². The molecule has 2 aromatic heterocycles. The molecule has 0 atom stereocenters. The van der Waals surface area contributed by atoms with Gasteiger partial charge in [-0.2, -0.15) is 4.98 Å². The summed E-state index contributed by atoms with van der Waals surface area (Å²) in [4.78, 5) is 10.8. The lowest BCUT2D eigenvalue weighted by molar-refractivity contribution is 0.419. The lowest BCUT2D eigenvalue weighted by Crippen LogP contribution is -2.19. The molecular weight excluding hydrogens is 252 g/mol. The van der Waals surface area contributed by atoms with Gasteiger partial charge >= 0.3 is 0 Å². The van der Waals surface area contributed by atoms with Crippen molar-refractivity contribution in [3.63, 3.8) is 0 Å². The molecule has 106 valence electrons. The third-order valence-corrected chi connectivity index (χ3v) is 2.85. The van der Waals surface area contributed by atoms with Crippen LogP contribution in [-0.4, -0.2) is 28.7 Å². The molecule has 0 bridgehead atoms. The smallest absolute Gasteiger partial charge is 0.259 e. The summed E-state index contributed by atoms with van der Waals surface area (Å²) in [6.45, 7) is 10.7. The van der Waals surface area contributed by atoms with Crippen molar-refractivity contribution >= 4 is 5.82 Å². The Balaban J connectivity index is 2.16. The molecule has 0 unspecified atom stereocenters. The molecule has 2 heterocycles. The Kier molecular flexibility index (Phi) is 4.17. The van der Waals surface area contributed by atoms with Crippen molar-refractivity contribution < 1.29 is 4.52 Å². The minimum absolute atomic E-state index is 0.251. The molecule has 0 aliphatic rings. The van der Waals surface area contributed by atoms with E-state index in [0.717, 1.165) is 23.5 Å². The normalized spacial score (nSPS) is 10.8. The second kappa shape index (κ2) is 5.86. The fourth-order valence-corrected chi connectivity index (χ4v) is 1.81. The van der Waals surface area contributed by atoms with E-state index in [9.17, 15) is 0 Å². The Hall–Kier alpha value is -2.17. The summed E-state index contributed by atoms with van der Waals surface area (Å²) in [5.74, 6) is 2.36. The van der Waals surface area contributed by atoms with Gasteiger partial charge in [-0.05, 0) is 19.1 Å². The molecular formula is C15H20N4O. The average molecular weight is 272 g/mol. The molecule has 5 nitrogen and oxygen atoms in total. The quantitative estimate of drug-likeness (QED) is 0.782. The molecule has 2 rings (SSSR count). The van der Waals surface area contributed by atoms with E-state index in [1.807, 2.05) is 44.9 Å². The van der Waals surface area contributed by atoms with Gasteiger partial charge in [0.15, 0.2) is 5.82 Å². The van der Waals surface area contributed by atoms with Crippen LogP contribution in [0.3, 0.4) is 0 Å². The third kappa shape index (κ3) is 3.23. The molecule has 0 saturated heterocycles. The van der Waals surface area contributed by atoms with E-state index in [1.54, 1.807) is 6.20 Å². The monoisotopic (exact) mass is 272 g/mol. The fourth-order valence-electron chi connectivity index (χ4n) is 1.81. The summed E-state index contributed by atoms with van der Waals surface area (Å²) < 4.78 is 5.25. The first-order chi connectivity index (χ1) is 9.47. The van der Waals surface area contributed by atoms with E-state index in [-0.39, 0.29) is 5.92 Å². The molecule has 2 aromatic rings. The maximum Gasteiger partial charge on any atom is 0.259 e. The Morgan fingerprint density at radius 1 is 1.40 bits per heavy atom. The third-order valence-electron chi connectivity index (χ3n) is 2.85. The Bertz CT molecular complexity index is 586. The van der Waals surface area contributed by atoms with Crippen LogP contribution >= 0.6 is 0 Å². The van der Waals surface area contributed by atoms with Crippen molar-refractivity contribution in [1.29, 1.82) is 0 Å². The van der Waals surface area contributed by atoms with E-state index >= 15 is 0 Å². The molecule has 0 aliphatic carbocycles. The van der Waals surface area contributed by atoms with Crippen LogP contribution in [0.2, 0.25) is 0 Å². The summed E-state index contributed by atoms with van der Waals surface area (Å²) in [6.07, 6.45) is 1.75. The second-order valence-corrected chi connectivity index (χ2v) is 5.33. The van der Waals surface area contributed by atoms with Gasteiger partial charge in [0.1, 0.15) is 5.82 Å². The largest absolute Gasteiger partial charge is 0.356 e. The molecule has 0 aliphatic heterocycles. The van der Waals surface area contributed by atoms with E-state index in [0.29, 0.717) is 11.7 Å². The summed E-state index contributed by atoms with van der Waals surface area (Å²) in [5.41, 5.74) is 1.92. The maximum absolute atomic E-state index is 5.25. The van der Waals surface area contributed by atoms with Crippen molar-refractivity contribution in [1.82, 2.24) is 15.1 Å². The molecule has 0 amide bonds. The highest BCUT2D eigenvalue weighted by molar-refractivity contribution is 5.54. The molecule has 0 aromatic carbocycles. The highest BCUT2D eigenvalue weighted by Gasteiger charge is 2.12. The van der Waals surface area contributed by atoms with Crippen LogP contribution < -0.4 is 4.90 Å². The average Bonchev–Trinajstić information content (AvgIpc) is 2.88. The first-order valence-corrected chi connectivity index (χ1v) is 6.63. The lowest BCUT2D eigenvalue weighted by atomic mass is 10.2. The predicted octanol–water partition coefficient (Wildman–Crippen LogP) is 3.27.